The first-order valence-electron chi connectivity index (χ1n) is 6.37. The van der Waals surface area contributed by atoms with Gasteiger partial charge in [-0.2, -0.15) is 0 Å². The molecule has 0 aromatic heterocycles. The van der Waals surface area contributed by atoms with Crippen molar-refractivity contribution in [1.82, 2.24) is 9.80 Å². The van der Waals surface area contributed by atoms with Crippen LogP contribution in [0.2, 0.25) is 0 Å². The highest BCUT2D eigenvalue weighted by Gasteiger charge is 2.35. The van der Waals surface area contributed by atoms with E-state index >= 15 is 0 Å². The van der Waals surface area contributed by atoms with Crippen molar-refractivity contribution >= 4 is 17.5 Å². The number of carbonyl (C=O) groups is 2. The predicted molar refractivity (Wildman–Crippen MR) is 74.5 cm³/mol. The Hall–Kier alpha value is -1.88. The van der Waals surface area contributed by atoms with E-state index in [9.17, 15) is 9.59 Å². The molecule has 0 spiro atoms. The summed E-state index contributed by atoms with van der Waals surface area (Å²) in [4.78, 5) is 27.7. The molecule has 19 heavy (non-hydrogen) atoms. The number of imide groups is 1. The summed E-state index contributed by atoms with van der Waals surface area (Å²) >= 11 is 0. The normalized spacial score (nSPS) is 14.2. The van der Waals surface area contributed by atoms with E-state index < -0.39 is 0 Å². The highest BCUT2D eigenvalue weighted by atomic mass is 16.2. The molecule has 1 aromatic rings. The van der Waals surface area contributed by atoms with Gasteiger partial charge in [0.2, 0.25) is 0 Å². The van der Waals surface area contributed by atoms with Crippen LogP contribution >= 0.6 is 0 Å². The Kier molecular flexibility index (Phi) is 3.85. The minimum atomic E-state index is -0.184. The third-order valence-corrected chi connectivity index (χ3v) is 3.25. The van der Waals surface area contributed by atoms with Crippen molar-refractivity contribution in [2.45, 2.75) is 6.42 Å². The number of nitrogens with zero attached hydrogens (tertiary/aromatic N) is 2. The number of fused-ring (bicyclic) bond motifs is 1. The summed E-state index contributed by atoms with van der Waals surface area (Å²) in [5.74, 6) is -0.364. The third kappa shape index (κ3) is 2.61. The van der Waals surface area contributed by atoms with E-state index in [0.29, 0.717) is 17.7 Å². The topological polar surface area (TPSA) is 52.7 Å². The molecule has 1 aliphatic heterocycles. The summed E-state index contributed by atoms with van der Waals surface area (Å²) in [5, 5.41) is 2.98. The van der Waals surface area contributed by atoms with E-state index in [2.05, 4.69) is 5.32 Å². The smallest absolute Gasteiger partial charge is 0.261 e. The lowest BCUT2D eigenvalue weighted by atomic mass is 10.1. The Morgan fingerprint density at radius 3 is 2.47 bits per heavy atom. The average molecular weight is 261 g/mol. The van der Waals surface area contributed by atoms with Crippen molar-refractivity contribution in [3.05, 3.63) is 29.3 Å². The van der Waals surface area contributed by atoms with Crippen molar-refractivity contribution in [2.75, 3.05) is 39.5 Å². The maximum Gasteiger partial charge on any atom is 0.261 e. The van der Waals surface area contributed by atoms with Gasteiger partial charge in [-0.05, 0) is 45.3 Å². The summed E-state index contributed by atoms with van der Waals surface area (Å²) in [6.45, 7) is 1.33. The van der Waals surface area contributed by atoms with E-state index in [1.165, 1.54) is 4.90 Å². The third-order valence-electron chi connectivity index (χ3n) is 3.25. The van der Waals surface area contributed by atoms with Gasteiger partial charge in [-0.15, -0.1) is 0 Å². The molecule has 5 heteroatoms. The lowest BCUT2D eigenvalue weighted by Gasteiger charge is -2.15. The minimum Gasteiger partial charge on any atom is -0.388 e. The molecule has 1 aliphatic rings. The number of anilines is 1. The van der Waals surface area contributed by atoms with E-state index in [0.717, 1.165) is 18.7 Å². The first kappa shape index (κ1) is 13.5. The molecule has 0 bridgehead atoms. The van der Waals surface area contributed by atoms with Gasteiger partial charge in [0.25, 0.3) is 11.8 Å². The van der Waals surface area contributed by atoms with E-state index in [1.54, 1.807) is 19.2 Å². The van der Waals surface area contributed by atoms with Gasteiger partial charge in [0.05, 0.1) is 11.1 Å². The monoisotopic (exact) mass is 261 g/mol. The zero-order valence-corrected chi connectivity index (χ0v) is 11.6. The van der Waals surface area contributed by atoms with Crippen LogP contribution < -0.4 is 5.32 Å². The molecule has 2 amide bonds. The fraction of sp³-hybridized carbons (Fsp3) is 0.429. The minimum absolute atomic E-state index is 0.179. The van der Waals surface area contributed by atoms with Crippen LogP contribution in [-0.2, 0) is 0 Å². The van der Waals surface area contributed by atoms with Gasteiger partial charge in [0.1, 0.15) is 0 Å². The molecule has 0 radical (unpaired) electrons. The van der Waals surface area contributed by atoms with E-state index in [-0.39, 0.29) is 11.8 Å². The number of benzene rings is 1. The van der Waals surface area contributed by atoms with Crippen molar-refractivity contribution in [2.24, 2.45) is 0 Å². The maximum atomic E-state index is 12.2. The standard InChI is InChI=1S/C14H19N3O2/c1-15-10-5-6-11-12(9-10)14(19)17(13(11)18)8-4-7-16(2)3/h5-6,9,15H,4,7-8H2,1-3H3. The number of nitrogens with one attached hydrogen (secondary N) is 1. The van der Waals surface area contributed by atoms with Gasteiger partial charge in [-0.1, -0.05) is 0 Å². The van der Waals surface area contributed by atoms with Crippen molar-refractivity contribution < 1.29 is 9.59 Å². The van der Waals surface area contributed by atoms with Crippen molar-refractivity contribution in [1.29, 1.82) is 0 Å². The highest BCUT2D eigenvalue weighted by molar-refractivity contribution is 6.21. The summed E-state index contributed by atoms with van der Waals surface area (Å²) in [5.41, 5.74) is 1.85. The van der Waals surface area contributed by atoms with Gasteiger partial charge >= 0.3 is 0 Å². The Morgan fingerprint density at radius 1 is 1.16 bits per heavy atom. The number of carbonyl (C=O) groups excluding carboxylic acids is 2. The first-order chi connectivity index (χ1) is 9.04. The van der Waals surface area contributed by atoms with Gasteiger partial charge in [-0.25, -0.2) is 0 Å². The Balaban J connectivity index is 2.14. The van der Waals surface area contributed by atoms with Crippen LogP contribution in [0, 0.1) is 0 Å². The van der Waals surface area contributed by atoms with E-state index in [4.69, 9.17) is 0 Å². The molecule has 5 nitrogen and oxygen atoms in total. The molecular formula is C14H19N3O2. The lowest BCUT2D eigenvalue weighted by Crippen LogP contribution is -2.32. The number of rotatable bonds is 5. The second kappa shape index (κ2) is 5.40. The predicted octanol–water partition coefficient (Wildman–Crippen LogP) is 1.28. The zero-order chi connectivity index (χ0) is 14.0. The molecule has 102 valence electrons. The Labute approximate surface area is 113 Å². The maximum absolute atomic E-state index is 12.2. The molecule has 0 unspecified atom stereocenters. The van der Waals surface area contributed by atoms with Gasteiger partial charge < -0.3 is 10.2 Å². The SMILES string of the molecule is CNc1ccc2c(c1)C(=O)N(CCCN(C)C)C2=O. The van der Waals surface area contributed by atoms with Crippen molar-refractivity contribution in [3.8, 4) is 0 Å². The van der Waals surface area contributed by atoms with Crippen LogP contribution in [0.15, 0.2) is 18.2 Å². The van der Waals surface area contributed by atoms with Gasteiger partial charge in [0, 0.05) is 19.3 Å². The summed E-state index contributed by atoms with van der Waals surface area (Å²) in [6, 6.07) is 5.27. The molecule has 0 fully saturated rings. The second-order valence-electron chi connectivity index (χ2n) is 4.93. The number of amides is 2. The Bertz CT molecular complexity index is 511. The largest absolute Gasteiger partial charge is 0.388 e. The summed E-state index contributed by atoms with van der Waals surface area (Å²) in [7, 11) is 5.74. The molecule has 0 saturated carbocycles. The number of hydrogen-bond acceptors (Lipinski definition) is 4. The van der Waals surface area contributed by atoms with Crippen LogP contribution in [0.4, 0.5) is 5.69 Å². The van der Waals surface area contributed by atoms with Crippen molar-refractivity contribution in [3.63, 3.8) is 0 Å². The van der Waals surface area contributed by atoms with Crippen LogP contribution in [0.5, 0.6) is 0 Å². The molecular weight excluding hydrogens is 242 g/mol. The van der Waals surface area contributed by atoms with Crippen LogP contribution in [-0.4, -0.2) is 55.8 Å². The lowest BCUT2D eigenvalue weighted by molar-refractivity contribution is 0.0649. The fourth-order valence-electron chi connectivity index (χ4n) is 2.19. The molecule has 0 aliphatic carbocycles. The molecule has 0 atom stereocenters. The quantitative estimate of drug-likeness (QED) is 0.811. The molecule has 2 rings (SSSR count). The Morgan fingerprint density at radius 2 is 1.84 bits per heavy atom. The summed E-state index contributed by atoms with van der Waals surface area (Å²) in [6.07, 6.45) is 0.789. The molecule has 1 aromatic carbocycles. The second-order valence-corrected chi connectivity index (χ2v) is 4.93. The number of hydrogen-bond donors (Lipinski definition) is 1. The highest BCUT2D eigenvalue weighted by Crippen LogP contribution is 2.25. The average Bonchev–Trinajstić information content (AvgIpc) is 2.63. The van der Waals surface area contributed by atoms with Crippen LogP contribution in [0.1, 0.15) is 27.1 Å². The summed E-state index contributed by atoms with van der Waals surface area (Å²) < 4.78 is 0. The molecule has 0 saturated heterocycles. The van der Waals surface area contributed by atoms with Gasteiger partial charge in [0.15, 0.2) is 0 Å². The van der Waals surface area contributed by atoms with E-state index in [1.807, 2.05) is 25.1 Å². The van der Waals surface area contributed by atoms with Crippen LogP contribution in [0.3, 0.4) is 0 Å². The fourth-order valence-corrected chi connectivity index (χ4v) is 2.19. The molecule has 1 N–H and O–H groups in total. The van der Waals surface area contributed by atoms with Crippen LogP contribution in [0.25, 0.3) is 0 Å². The first-order valence-corrected chi connectivity index (χ1v) is 6.37. The molecule has 1 heterocycles. The van der Waals surface area contributed by atoms with Gasteiger partial charge in [-0.3, -0.25) is 14.5 Å². The zero-order valence-electron chi connectivity index (χ0n) is 11.6.